The van der Waals surface area contributed by atoms with Crippen molar-refractivity contribution in [1.82, 2.24) is 0 Å². The number of carbonyl (C=O) groups excluding carboxylic acids is 1. The standard InChI is InChI=1S/C16H16BFN2O6S/c1-25-16(21)6-9-4-11(19)2-3-15(9)27(23,24)20-14-7-12-10(5-13(14)18)8-26-17(12)22/h2-5,7,20,22H,6,8,19H2,1H3. The van der Waals surface area contributed by atoms with E-state index in [-0.39, 0.29) is 40.3 Å². The molecule has 2 aromatic carbocycles. The highest BCUT2D eigenvalue weighted by atomic mass is 32.2. The van der Waals surface area contributed by atoms with Crippen LogP contribution in [0.25, 0.3) is 0 Å². The van der Waals surface area contributed by atoms with Crippen molar-refractivity contribution < 1.29 is 32.0 Å². The molecule has 0 aliphatic carbocycles. The molecule has 0 unspecified atom stereocenters. The lowest BCUT2D eigenvalue weighted by Crippen LogP contribution is -2.29. The molecular formula is C16H16BFN2O6S. The van der Waals surface area contributed by atoms with Gasteiger partial charge in [0.15, 0.2) is 0 Å². The molecule has 1 aliphatic heterocycles. The van der Waals surface area contributed by atoms with Gasteiger partial charge in [-0.25, -0.2) is 12.8 Å². The largest absolute Gasteiger partial charge is 0.491 e. The molecule has 1 heterocycles. The number of nitrogens with two attached hydrogens (primary N) is 1. The number of esters is 1. The van der Waals surface area contributed by atoms with Gasteiger partial charge in [0.25, 0.3) is 10.0 Å². The molecule has 0 bridgehead atoms. The number of nitrogens with one attached hydrogen (secondary N) is 1. The number of rotatable bonds is 5. The third-order valence-electron chi connectivity index (χ3n) is 4.07. The highest BCUT2D eigenvalue weighted by molar-refractivity contribution is 7.92. The molecule has 0 radical (unpaired) electrons. The first-order valence-electron chi connectivity index (χ1n) is 7.81. The average molecular weight is 394 g/mol. The fourth-order valence-corrected chi connectivity index (χ4v) is 4.03. The number of halogens is 1. The second-order valence-corrected chi connectivity index (χ2v) is 7.57. The minimum absolute atomic E-state index is 0.0295. The van der Waals surface area contributed by atoms with E-state index in [4.69, 9.17) is 10.4 Å². The van der Waals surface area contributed by atoms with Crippen molar-refractivity contribution in [3.8, 4) is 0 Å². The predicted molar refractivity (Wildman–Crippen MR) is 96.2 cm³/mol. The van der Waals surface area contributed by atoms with Crippen LogP contribution in [0.1, 0.15) is 11.1 Å². The number of ether oxygens (including phenoxy) is 1. The smallest absolute Gasteiger partial charge is 0.469 e. The van der Waals surface area contributed by atoms with Crippen molar-refractivity contribution in [2.24, 2.45) is 0 Å². The summed E-state index contributed by atoms with van der Waals surface area (Å²) < 4.78 is 51.5. The molecule has 4 N–H and O–H groups in total. The Morgan fingerprint density at radius 2 is 2.15 bits per heavy atom. The van der Waals surface area contributed by atoms with E-state index in [1.54, 1.807) is 0 Å². The third kappa shape index (κ3) is 3.89. The molecule has 2 aromatic rings. The molecule has 0 aromatic heterocycles. The summed E-state index contributed by atoms with van der Waals surface area (Å²) in [5, 5.41) is 9.73. The van der Waals surface area contributed by atoms with Crippen molar-refractivity contribution in [3.05, 3.63) is 47.3 Å². The molecule has 0 fully saturated rings. The maximum atomic E-state index is 14.3. The minimum Gasteiger partial charge on any atom is -0.469 e. The molecule has 8 nitrogen and oxygen atoms in total. The van der Waals surface area contributed by atoms with E-state index in [1.807, 2.05) is 0 Å². The van der Waals surface area contributed by atoms with Crippen LogP contribution >= 0.6 is 0 Å². The van der Waals surface area contributed by atoms with E-state index in [1.165, 1.54) is 31.4 Å². The van der Waals surface area contributed by atoms with Crippen molar-refractivity contribution in [2.75, 3.05) is 17.6 Å². The molecule has 27 heavy (non-hydrogen) atoms. The van der Waals surface area contributed by atoms with Gasteiger partial charge in [0.2, 0.25) is 0 Å². The Balaban J connectivity index is 1.99. The Hall–Kier alpha value is -2.63. The van der Waals surface area contributed by atoms with Crippen LogP contribution in [-0.2, 0) is 37.2 Å². The minimum atomic E-state index is -4.25. The molecule has 142 valence electrons. The second-order valence-electron chi connectivity index (χ2n) is 5.92. The number of fused-ring (bicyclic) bond motifs is 1. The monoisotopic (exact) mass is 394 g/mol. The summed E-state index contributed by atoms with van der Waals surface area (Å²) in [7, 11) is -4.33. The maximum absolute atomic E-state index is 14.3. The number of anilines is 2. The molecule has 3 rings (SSSR count). The fourth-order valence-electron chi connectivity index (χ4n) is 2.75. The van der Waals surface area contributed by atoms with Crippen LogP contribution in [0.2, 0.25) is 0 Å². The molecular weight excluding hydrogens is 378 g/mol. The van der Waals surface area contributed by atoms with Gasteiger partial charge in [0.1, 0.15) is 5.82 Å². The van der Waals surface area contributed by atoms with Gasteiger partial charge in [0, 0.05) is 5.69 Å². The van der Waals surface area contributed by atoms with Crippen LogP contribution < -0.4 is 15.9 Å². The maximum Gasteiger partial charge on any atom is 0.491 e. The van der Waals surface area contributed by atoms with Gasteiger partial charge >= 0.3 is 13.1 Å². The Bertz CT molecular complexity index is 1010. The Morgan fingerprint density at radius 3 is 2.85 bits per heavy atom. The van der Waals surface area contributed by atoms with E-state index in [0.717, 1.165) is 6.07 Å². The van der Waals surface area contributed by atoms with Crippen LogP contribution in [0.15, 0.2) is 35.2 Å². The van der Waals surface area contributed by atoms with Crippen LogP contribution in [0.4, 0.5) is 15.8 Å². The van der Waals surface area contributed by atoms with Gasteiger partial charge in [-0.15, -0.1) is 0 Å². The van der Waals surface area contributed by atoms with E-state index in [0.29, 0.717) is 5.56 Å². The molecule has 0 amide bonds. The normalized spacial score (nSPS) is 13.4. The lowest BCUT2D eigenvalue weighted by atomic mass is 9.79. The van der Waals surface area contributed by atoms with Crippen molar-refractivity contribution in [2.45, 2.75) is 17.9 Å². The van der Waals surface area contributed by atoms with Crippen LogP contribution in [0.3, 0.4) is 0 Å². The molecule has 1 aliphatic rings. The van der Waals surface area contributed by atoms with E-state index in [9.17, 15) is 22.6 Å². The van der Waals surface area contributed by atoms with Gasteiger partial charge in [-0.1, -0.05) is 0 Å². The molecule has 0 atom stereocenters. The number of carbonyl (C=O) groups is 1. The Morgan fingerprint density at radius 1 is 1.41 bits per heavy atom. The zero-order valence-corrected chi connectivity index (χ0v) is 15.0. The van der Waals surface area contributed by atoms with Gasteiger partial charge in [-0.3, -0.25) is 9.52 Å². The highest BCUT2D eigenvalue weighted by Crippen LogP contribution is 2.25. The third-order valence-corrected chi connectivity index (χ3v) is 5.54. The van der Waals surface area contributed by atoms with Crippen molar-refractivity contribution >= 4 is 39.9 Å². The summed E-state index contributed by atoms with van der Waals surface area (Å²) >= 11 is 0. The van der Waals surface area contributed by atoms with E-state index in [2.05, 4.69) is 9.46 Å². The molecule has 0 spiro atoms. The second kappa shape index (κ2) is 7.18. The quantitative estimate of drug-likeness (QED) is 0.374. The molecule has 11 heteroatoms. The predicted octanol–water partition coefficient (Wildman–Crippen LogP) is 0.142. The lowest BCUT2D eigenvalue weighted by Gasteiger charge is -2.14. The van der Waals surface area contributed by atoms with E-state index < -0.39 is 28.9 Å². The average Bonchev–Trinajstić information content (AvgIpc) is 2.95. The summed E-state index contributed by atoms with van der Waals surface area (Å²) in [6, 6.07) is 6.19. The highest BCUT2D eigenvalue weighted by Gasteiger charge is 2.30. The van der Waals surface area contributed by atoms with Crippen LogP contribution in [-0.4, -0.2) is 33.6 Å². The zero-order chi connectivity index (χ0) is 19.8. The number of sulfonamides is 1. The van der Waals surface area contributed by atoms with Crippen molar-refractivity contribution in [1.29, 1.82) is 0 Å². The molecule has 0 saturated heterocycles. The van der Waals surface area contributed by atoms with Crippen LogP contribution in [0, 0.1) is 5.82 Å². The summed E-state index contributed by atoms with van der Waals surface area (Å²) in [5.41, 5.74) is 6.41. The summed E-state index contributed by atoms with van der Waals surface area (Å²) in [6.45, 7) is 0.0295. The van der Waals surface area contributed by atoms with Gasteiger partial charge in [0.05, 0.1) is 30.7 Å². The Kier molecular flexibility index (Phi) is 5.09. The number of hydrogen-bond acceptors (Lipinski definition) is 7. The first-order valence-corrected chi connectivity index (χ1v) is 9.29. The summed E-state index contributed by atoms with van der Waals surface area (Å²) in [4.78, 5) is 11.3. The van der Waals surface area contributed by atoms with Gasteiger partial charge < -0.3 is 20.1 Å². The van der Waals surface area contributed by atoms with E-state index >= 15 is 0 Å². The van der Waals surface area contributed by atoms with Gasteiger partial charge in [-0.05, 0) is 46.9 Å². The van der Waals surface area contributed by atoms with Crippen molar-refractivity contribution in [3.63, 3.8) is 0 Å². The van der Waals surface area contributed by atoms with Gasteiger partial charge in [-0.2, -0.15) is 0 Å². The number of hydrogen-bond donors (Lipinski definition) is 3. The fraction of sp³-hybridized carbons (Fsp3) is 0.188. The zero-order valence-electron chi connectivity index (χ0n) is 14.2. The summed E-state index contributed by atoms with van der Waals surface area (Å²) in [5.74, 6) is -1.47. The first-order chi connectivity index (χ1) is 12.7. The van der Waals surface area contributed by atoms with Crippen LogP contribution in [0.5, 0.6) is 0 Å². The first kappa shape index (κ1) is 19.1. The number of methoxy groups -OCH3 is 1. The topological polar surface area (TPSA) is 128 Å². The number of nitrogen functional groups attached to an aromatic ring is 1. The summed E-state index contributed by atoms with van der Waals surface area (Å²) in [6.07, 6.45) is -0.322. The number of benzene rings is 2. The lowest BCUT2D eigenvalue weighted by molar-refractivity contribution is -0.139. The molecule has 0 saturated carbocycles. The Labute approximate surface area is 155 Å². The SMILES string of the molecule is COC(=O)Cc1cc(N)ccc1S(=O)(=O)Nc1cc2c(cc1F)COB2O.